The summed E-state index contributed by atoms with van der Waals surface area (Å²) in [5.74, 6) is 2.08. The summed E-state index contributed by atoms with van der Waals surface area (Å²) in [5, 5.41) is 12.4. The van der Waals surface area contributed by atoms with Crippen LogP contribution in [0.3, 0.4) is 0 Å². The summed E-state index contributed by atoms with van der Waals surface area (Å²) in [4.78, 5) is 0. The number of rotatable bonds is 3. The van der Waals surface area contributed by atoms with Gasteiger partial charge in [0.15, 0.2) is 5.82 Å². The van der Waals surface area contributed by atoms with E-state index in [-0.39, 0.29) is 17.1 Å². The Labute approximate surface area is 115 Å². The monoisotopic (exact) mass is 266 g/mol. The summed E-state index contributed by atoms with van der Waals surface area (Å²) in [7, 11) is 1.74. The Hall–Kier alpha value is -0.940. The highest BCUT2D eigenvalue weighted by Gasteiger charge is 2.34. The van der Waals surface area contributed by atoms with Gasteiger partial charge in [0.05, 0.1) is 11.6 Å². The first kappa shape index (κ1) is 14.5. The Morgan fingerprint density at radius 1 is 1.26 bits per heavy atom. The van der Waals surface area contributed by atoms with Crippen LogP contribution in [0.4, 0.5) is 0 Å². The van der Waals surface area contributed by atoms with Crippen LogP contribution in [0.5, 0.6) is 0 Å². The Balaban J connectivity index is 2.30. The SMILES string of the molecule is COC(C)(C)Cc1nnc2n1CCNC2C(C)(C)C. The Morgan fingerprint density at radius 2 is 1.95 bits per heavy atom. The van der Waals surface area contributed by atoms with E-state index in [4.69, 9.17) is 4.74 Å². The van der Waals surface area contributed by atoms with E-state index in [9.17, 15) is 0 Å². The van der Waals surface area contributed by atoms with Gasteiger partial charge in [-0.15, -0.1) is 10.2 Å². The highest BCUT2D eigenvalue weighted by molar-refractivity contribution is 5.09. The number of aromatic nitrogens is 3. The molecule has 19 heavy (non-hydrogen) atoms. The quantitative estimate of drug-likeness (QED) is 0.908. The number of nitrogens with one attached hydrogen (secondary N) is 1. The average molecular weight is 266 g/mol. The summed E-state index contributed by atoms with van der Waals surface area (Å²) >= 11 is 0. The number of hydrogen-bond acceptors (Lipinski definition) is 4. The number of fused-ring (bicyclic) bond motifs is 1. The summed E-state index contributed by atoms with van der Waals surface area (Å²) in [6, 6.07) is 0.258. The lowest BCUT2D eigenvalue weighted by molar-refractivity contribution is 0.0206. The molecule has 0 bridgehead atoms. The van der Waals surface area contributed by atoms with E-state index in [0.29, 0.717) is 0 Å². The normalized spacial score (nSPS) is 20.4. The second kappa shape index (κ2) is 4.87. The van der Waals surface area contributed by atoms with Crippen LogP contribution in [-0.4, -0.2) is 34.0 Å². The van der Waals surface area contributed by atoms with Crippen molar-refractivity contribution in [3.8, 4) is 0 Å². The van der Waals surface area contributed by atoms with E-state index in [1.807, 2.05) is 0 Å². The van der Waals surface area contributed by atoms with Crippen LogP contribution in [0.2, 0.25) is 0 Å². The van der Waals surface area contributed by atoms with Gasteiger partial charge in [-0.2, -0.15) is 0 Å². The summed E-state index contributed by atoms with van der Waals surface area (Å²) in [6.07, 6.45) is 0.785. The second-order valence-electron chi connectivity index (χ2n) is 7.02. The minimum atomic E-state index is -0.202. The fourth-order valence-electron chi connectivity index (χ4n) is 2.50. The first-order chi connectivity index (χ1) is 8.74. The molecule has 0 radical (unpaired) electrons. The number of hydrogen-bond donors (Lipinski definition) is 1. The molecule has 1 unspecified atom stereocenters. The first-order valence-corrected chi connectivity index (χ1v) is 6.95. The van der Waals surface area contributed by atoms with Gasteiger partial charge in [-0.3, -0.25) is 0 Å². The molecule has 2 heterocycles. The van der Waals surface area contributed by atoms with Gasteiger partial charge >= 0.3 is 0 Å². The topological polar surface area (TPSA) is 52.0 Å². The van der Waals surface area contributed by atoms with E-state index >= 15 is 0 Å². The van der Waals surface area contributed by atoms with Crippen molar-refractivity contribution in [3.05, 3.63) is 11.6 Å². The predicted molar refractivity (Wildman–Crippen MR) is 75.0 cm³/mol. The lowest BCUT2D eigenvalue weighted by Gasteiger charge is -2.35. The van der Waals surface area contributed by atoms with Gasteiger partial charge in [-0.05, 0) is 19.3 Å². The molecule has 1 N–H and O–H groups in total. The van der Waals surface area contributed by atoms with Crippen molar-refractivity contribution in [3.63, 3.8) is 0 Å². The lowest BCUT2D eigenvalue weighted by Crippen LogP contribution is -2.41. The molecule has 0 saturated heterocycles. The van der Waals surface area contributed by atoms with Crippen LogP contribution >= 0.6 is 0 Å². The van der Waals surface area contributed by atoms with Gasteiger partial charge in [0.25, 0.3) is 0 Å². The van der Waals surface area contributed by atoms with Gasteiger partial charge in [0.2, 0.25) is 0 Å². The van der Waals surface area contributed by atoms with E-state index in [1.165, 1.54) is 0 Å². The van der Waals surface area contributed by atoms with Crippen LogP contribution in [0.15, 0.2) is 0 Å². The Morgan fingerprint density at radius 3 is 2.53 bits per heavy atom. The molecule has 1 atom stereocenters. The first-order valence-electron chi connectivity index (χ1n) is 6.95. The smallest absolute Gasteiger partial charge is 0.150 e. The van der Waals surface area contributed by atoms with Gasteiger partial charge in [-0.1, -0.05) is 20.8 Å². The van der Waals surface area contributed by atoms with E-state index < -0.39 is 0 Å². The molecule has 1 aliphatic heterocycles. The summed E-state index contributed by atoms with van der Waals surface area (Å²) in [5.41, 5.74) is -0.0643. The molecular formula is C14H26N4O. The molecule has 1 aliphatic rings. The van der Waals surface area contributed by atoms with Gasteiger partial charge in [-0.25, -0.2) is 0 Å². The van der Waals surface area contributed by atoms with Crippen molar-refractivity contribution in [2.24, 2.45) is 5.41 Å². The third-order valence-electron chi connectivity index (χ3n) is 3.80. The Kier molecular flexibility index (Phi) is 3.71. The third kappa shape index (κ3) is 2.98. The highest BCUT2D eigenvalue weighted by Crippen LogP contribution is 2.34. The summed E-state index contributed by atoms with van der Waals surface area (Å²) < 4.78 is 7.76. The van der Waals surface area contributed by atoms with Crippen LogP contribution < -0.4 is 5.32 Å². The van der Waals surface area contributed by atoms with Crippen molar-refractivity contribution in [1.82, 2.24) is 20.1 Å². The minimum absolute atomic E-state index is 0.138. The fourth-order valence-corrected chi connectivity index (χ4v) is 2.50. The van der Waals surface area contributed by atoms with E-state index in [1.54, 1.807) is 7.11 Å². The maximum atomic E-state index is 5.50. The lowest BCUT2D eigenvalue weighted by atomic mass is 9.85. The molecule has 0 aliphatic carbocycles. The fraction of sp³-hybridized carbons (Fsp3) is 0.857. The Bertz CT molecular complexity index is 445. The zero-order chi connectivity index (χ0) is 14.3. The zero-order valence-corrected chi connectivity index (χ0v) is 12.9. The van der Waals surface area contributed by atoms with Crippen molar-refractivity contribution in [2.75, 3.05) is 13.7 Å². The molecule has 0 amide bonds. The molecule has 5 heteroatoms. The minimum Gasteiger partial charge on any atom is -0.378 e. The third-order valence-corrected chi connectivity index (χ3v) is 3.80. The standard InChI is InChI=1S/C14H26N4O/c1-13(2,3)11-12-17-16-10(9-14(4,5)19-6)18(12)8-7-15-11/h11,15H,7-9H2,1-6H3. The molecule has 108 valence electrons. The molecule has 0 aromatic carbocycles. The van der Waals surface area contributed by atoms with Gasteiger partial charge in [0, 0.05) is 26.6 Å². The average Bonchev–Trinajstić information content (AvgIpc) is 2.70. The predicted octanol–water partition coefficient (Wildman–Crippen LogP) is 1.94. The second-order valence-corrected chi connectivity index (χ2v) is 7.02. The molecule has 1 aromatic heterocycles. The number of ether oxygens (including phenoxy) is 1. The molecular weight excluding hydrogens is 240 g/mol. The zero-order valence-electron chi connectivity index (χ0n) is 12.9. The molecule has 2 rings (SSSR count). The molecule has 0 spiro atoms. The van der Waals surface area contributed by atoms with E-state index in [0.717, 1.165) is 31.2 Å². The van der Waals surface area contributed by atoms with Crippen LogP contribution in [0.25, 0.3) is 0 Å². The van der Waals surface area contributed by atoms with Crippen molar-refractivity contribution >= 4 is 0 Å². The maximum Gasteiger partial charge on any atom is 0.150 e. The maximum absolute atomic E-state index is 5.50. The van der Waals surface area contributed by atoms with Crippen LogP contribution in [-0.2, 0) is 17.7 Å². The molecule has 0 fully saturated rings. The highest BCUT2D eigenvalue weighted by atomic mass is 16.5. The summed E-state index contributed by atoms with van der Waals surface area (Å²) in [6.45, 7) is 12.8. The largest absolute Gasteiger partial charge is 0.378 e. The van der Waals surface area contributed by atoms with Crippen LogP contribution in [0, 0.1) is 5.41 Å². The van der Waals surface area contributed by atoms with Crippen molar-refractivity contribution in [2.45, 2.75) is 59.2 Å². The van der Waals surface area contributed by atoms with Crippen molar-refractivity contribution in [1.29, 1.82) is 0 Å². The van der Waals surface area contributed by atoms with Crippen molar-refractivity contribution < 1.29 is 4.74 Å². The van der Waals surface area contributed by atoms with E-state index in [2.05, 4.69) is 54.7 Å². The number of nitrogens with zero attached hydrogens (tertiary/aromatic N) is 3. The molecule has 1 aromatic rings. The van der Waals surface area contributed by atoms with Gasteiger partial charge < -0.3 is 14.6 Å². The molecule has 0 saturated carbocycles. The number of methoxy groups -OCH3 is 1. The van der Waals surface area contributed by atoms with Gasteiger partial charge in [0.1, 0.15) is 5.82 Å². The van der Waals surface area contributed by atoms with Crippen LogP contribution in [0.1, 0.15) is 52.3 Å². The molecule has 5 nitrogen and oxygen atoms in total.